The molecule has 0 aliphatic heterocycles. The van der Waals surface area contributed by atoms with Gasteiger partial charge in [-0.25, -0.2) is 0 Å². The minimum Gasteiger partial charge on any atom is -0.497 e. The summed E-state index contributed by atoms with van der Waals surface area (Å²) >= 11 is 0. The minimum atomic E-state index is -4.62. The molecule has 0 aliphatic carbocycles. The van der Waals surface area contributed by atoms with E-state index in [0.717, 1.165) is 21.8 Å². The highest BCUT2D eigenvalue weighted by Gasteiger charge is 2.31. The zero-order valence-corrected chi connectivity index (χ0v) is 17.3. The van der Waals surface area contributed by atoms with Crippen LogP contribution in [0.25, 0.3) is 0 Å². The van der Waals surface area contributed by atoms with E-state index in [4.69, 9.17) is 9.47 Å². The Morgan fingerprint density at radius 2 is 1.41 bits per heavy atom. The molecule has 6 nitrogen and oxygen atoms in total. The van der Waals surface area contributed by atoms with Crippen LogP contribution in [-0.2, 0) is 17.5 Å². The van der Waals surface area contributed by atoms with Gasteiger partial charge in [-0.1, -0.05) is 24.3 Å². The second-order valence-corrected chi connectivity index (χ2v) is 6.93. The summed E-state index contributed by atoms with van der Waals surface area (Å²) in [5.74, 6) is 0.635. The molecule has 3 rings (SSSR count). The number of amides is 1. The number of aromatic nitrogens is 1. The standard InChI is InChI=1S/C23H21F3N2O4/c1-31-18-8-3-15(4-9-18)22(16-5-10-19(32-2)11-6-16)27-20(29)14-28-13-17(23(24,25)26)7-12-21(28)30/h3-13,22H,14H2,1-2H3,(H,27,29). The summed E-state index contributed by atoms with van der Waals surface area (Å²) < 4.78 is 50.0. The molecule has 0 fully saturated rings. The predicted octanol–water partition coefficient (Wildman–Crippen LogP) is 3.79. The molecule has 168 valence electrons. The van der Waals surface area contributed by atoms with Crippen LogP contribution in [0, 0.1) is 0 Å². The van der Waals surface area contributed by atoms with E-state index >= 15 is 0 Å². The smallest absolute Gasteiger partial charge is 0.417 e. The van der Waals surface area contributed by atoms with E-state index in [2.05, 4.69) is 5.32 Å². The van der Waals surface area contributed by atoms with E-state index in [9.17, 15) is 22.8 Å². The van der Waals surface area contributed by atoms with E-state index in [0.29, 0.717) is 23.8 Å². The van der Waals surface area contributed by atoms with Gasteiger partial charge in [0.25, 0.3) is 5.56 Å². The summed E-state index contributed by atoms with van der Waals surface area (Å²) in [6.07, 6.45) is -3.99. The molecule has 1 N–H and O–H groups in total. The quantitative estimate of drug-likeness (QED) is 0.600. The van der Waals surface area contributed by atoms with Gasteiger partial charge in [0.1, 0.15) is 18.0 Å². The molecular weight excluding hydrogens is 425 g/mol. The fourth-order valence-corrected chi connectivity index (χ4v) is 3.14. The van der Waals surface area contributed by atoms with Gasteiger partial charge in [-0.3, -0.25) is 9.59 Å². The van der Waals surface area contributed by atoms with Crippen molar-refractivity contribution in [1.29, 1.82) is 0 Å². The maximum absolute atomic E-state index is 13.0. The fraction of sp³-hybridized carbons (Fsp3) is 0.217. The van der Waals surface area contributed by atoms with Crippen molar-refractivity contribution in [3.8, 4) is 11.5 Å². The maximum atomic E-state index is 13.0. The summed E-state index contributed by atoms with van der Waals surface area (Å²) in [4.78, 5) is 24.7. The number of carbonyl (C=O) groups excluding carboxylic acids is 1. The highest BCUT2D eigenvalue weighted by Crippen LogP contribution is 2.28. The lowest BCUT2D eigenvalue weighted by Crippen LogP contribution is -2.35. The van der Waals surface area contributed by atoms with Crippen molar-refractivity contribution >= 4 is 5.91 Å². The Kier molecular flexibility index (Phi) is 6.87. The van der Waals surface area contributed by atoms with Crippen LogP contribution in [-0.4, -0.2) is 24.7 Å². The van der Waals surface area contributed by atoms with Crippen LogP contribution in [0.1, 0.15) is 22.7 Å². The van der Waals surface area contributed by atoms with Crippen LogP contribution in [0.5, 0.6) is 11.5 Å². The van der Waals surface area contributed by atoms with Gasteiger partial charge in [0.05, 0.1) is 25.8 Å². The number of benzene rings is 2. The Labute approximate surface area is 182 Å². The molecule has 0 unspecified atom stereocenters. The van der Waals surface area contributed by atoms with Crippen molar-refractivity contribution in [2.24, 2.45) is 0 Å². The molecule has 2 aromatic carbocycles. The molecule has 1 amide bonds. The largest absolute Gasteiger partial charge is 0.497 e. The van der Waals surface area contributed by atoms with E-state index < -0.39 is 35.8 Å². The van der Waals surface area contributed by atoms with Crippen LogP contribution in [0.2, 0.25) is 0 Å². The number of alkyl halides is 3. The Bertz CT molecular complexity index is 1080. The zero-order valence-electron chi connectivity index (χ0n) is 17.3. The molecule has 0 aliphatic rings. The minimum absolute atomic E-state index is 0.564. The van der Waals surface area contributed by atoms with Gasteiger partial charge in [-0.15, -0.1) is 0 Å². The first-order chi connectivity index (χ1) is 15.2. The van der Waals surface area contributed by atoms with Crippen molar-refractivity contribution in [2.75, 3.05) is 14.2 Å². The Morgan fingerprint density at radius 1 is 0.906 bits per heavy atom. The second-order valence-electron chi connectivity index (χ2n) is 6.93. The highest BCUT2D eigenvalue weighted by molar-refractivity contribution is 5.77. The maximum Gasteiger partial charge on any atom is 0.417 e. The molecule has 9 heteroatoms. The van der Waals surface area contributed by atoms with Crippen LogP contribution in [0.3, 0.4) is 0 Å². The van der Waals surface area contributed by atoms with Crippen molar-refractivity contribution in [3.63, 3.8) is 0 Å². The Hall–Kier alpha value is -3.75. The molecule has 32 heavy (non-hydrogen) atoms. The number of hydrogen-bond donors (Lipinski definition) is 1. The number of nitrogens with one attached hydrogen (secondary N) is 1. The van der Waals surface area contributed by atoms with Crippen LogP contribution >= 0.6 is 0 Å². The first-order valence-corrected chi connectivity index (χ1v) is 9.56. The van der Waals surface area contributed by atoms with Gasteiger partial charge < -0.3 is 19.4 Å². The lowest BCUT2D eigenvalue weighted by molar-refractivity contribution is -0.138. The van der Waals surface area contributed by atoms with Gasteiger partial charge in [0, 0.05) is 12.3 Å². The summed E-state index contributed by atoms with van der Waals surface area (Å²) in [6.45, 7) is -0.564. The van der Waals surface area contributed by atoms with Crippen LogP contribution in [0.4, 0.5) is 13.2 Å². The number of rotatable bonds is 7. The number of methoxy groups -OCH3 is 2. The van der Waals surface area contributed by atoms with Gasteiger partial charge in [0.2, 0.25) is 5.91 Å². The van der Waals surface area contributed by atoms with E-state index in [1.165, 1.54) is 14.2 Å². The summed E-state index contributed by atoms with van der Waals surface area (Å²) in [5.41, 5.74) is -0.272. The van der Waals surface area contributed by atoms with E-state index in [-0.39, 0.29) is 0 Å². The first-order valence-electron chi connectivity index (χ1n) is 9.56. The summed E-state index contributed by atoms with van der Waals surface area (Å²) in [5, 5.41) is 2.80. The SMILES string of the molecule is COc1ccc(C(NC(=O)Cn2cc(C(F)(F)F)ccc2=O)c2ccc(OC)cc2)cc1. The number of ether oxygens (including phenoxy) is 2. The molecule has 0 radical (unpaired) electrons. The molecule has 1 heterocycles. The number of pyridine rings is 1. The van der Waals surface area contributed by atoms with E-state index in [1.54, 1.807) is 48.5 Å². The van der Waals surface area contributed by atoms with Gasteiger partial charge in [-0.05, 0) is 41.5 Å². The van der Waals surface area contributed by atoms with Gasteiger partial charge >= 0.3 is 6.18 Å². The molecule has 0 spiro atoms. The molecule has 3 aromatic rings. The molecule has 0 bridgehead atoms. The van der Waals surface area contributed by atoms with Gasteiger partial charge in [0.15, 0.2) is 0 Å². The van der Waals surface area contributed by atoms with Gasteiger partial charge in [-0.2, -0.15) is 13.2 Å². The van der Waals surface area contributed by atoms with Crippen molar-refractivity contribution < 1.29 is 27.4 Å². The van der Waals surface area contributed by atoms with Crippen molar-refractivity contribution in [3.05, 3.63) is 93.9 Å². The average molecular weight is 446 g/mol. The monoisotopic (exact) mass is 446 g/mol. The lowest BCUT2D eigenvalue weighted by atomic mass is 9.98. The Morgan fingerprint density at radius 3 is 1.84 bits per heavy atom. The van der Waals surface area contributed by atoms with E-state index in [1.807, 2.05) is 0 Å². The molecular formula is C23H21F3N2O4. The topological polar surface area (TPSA) is 69.6 Å². The first kappa shape index (κ1) is 22.9. The normalized spacial score (nSPS) is 11.3. The zero-order chi connectivity index (χ0) is 23.3. The number of hydrogen-bond acceptors (Lipinski definition) is 4. The fourth-order valence-electron chi connectivity index (χ4n) is 3.14. The second kappa shape index (κ2) is 9.59. The molecule has 0 saturated carbocycles. The number of carbonyl (C=O) groups is 1. The lowest BCUT2D eigenvalue weighted by Gasteiger charge is -2.21. The summed E-state index contributed by atoms with van der Waals surface area (Å²) in [6, 6.07) is 14.9. The molecule has 0 saturated heterocycles. The average Bonchev–Trinajstić information content (AvgIpc) is 2.78. The third kappa shape index (κ3) is 5.48. The summed E-state index contributed by atoms with van der Waals surface area (Å²) in [7, 11) is 3.06. The third-order valence-electron chi connectivity index (χ3n) is 4.83. The van der Waals surface area contributed by atoms with Crippen LogP contribution < -0.4 is 20.3 Å². The highest BCUT2D eigenvalue weighted by atomic mass is 19.4. The van der Waals surface area contributed by atoms with Crippen molar-refractivity contribution in [2.45, 2.75) is 18.8 Å². The number of nitrogens with zero attached hydrogens (tertiary/aromatic N) is 1. The Balaban J connectivity index is 1.88. The third-order valence-corrected chi connectivity index (χ3v) is 4.83. The van der Waals surface area contributed by atoms with Crippen molar-refractivity contribution in [1.82, 2.24) is 9.88 Å². The molecule has 1 aromatic heterocycles. The number of halogens is 3. The predicted molar refractivity (Wildman–Crippen MR) is 112 cm³/mol. The van der Waals surface area contributed by atoms with Crippen LogP contribution in [0.15, 0.2) is 71.7 Å². The molecule has 0 atom stereocenters.